The molecule has 0 aromatic heterocycles. The van der Waals surface area contributed by atoms with Gasteiger partial charge in [-0.15, -0.1) is 0 Å². The number of hydrogen-bond acceptors (Lipinski definition) is 7. The van der Waals surface area contributed by atoms with Crippen molar-refractivity contribution in [2.24, 2.45) is 0 Å². The van der Waals surface area contributed by atoms with Crippen LogP contribution in [0, 0.1) is 0 Å². The number of piperidine rings is 1. The van der Waals surface area contributed by atoms with Crippen LogP contribution in [0.1, 0.15) is 18.4 Å². The summed E-state index contributed by atoms with van der Waals surface area (Å²) in [6.45, 7) is 0.394. The van der Waals surface area contributed by atoms with Gasteiger partial charge in [0.2, 0.25) is 16.8 Å². The van der Waals surface area contributed by atoms with Crippen molar-refractivity contribution in [2.45, 2.75) is 36.5 Å². The fourth-order valence-corrected chi connectivity index (χ4v) is 5.09. The average Bonchev–Trinajstić information content (AvgIpc) is 3.20. The van der Waals surface area contributed by atoms with Gasteiger partial charge in [0.1, 0.15) is 18.4 Å². The van der Waals surface area contributed by atoms with Crippen molar-refractivity contribution in [1.82, 2.24) is 4.31 Å². The van der Waals surface area contributed by atoms with E-state index in [1.54, 1.807) is 6.07 Å². The van der Waals surface area contributed by atoms with Gasteiger partial charge in [-0.25, -0.2) is 8.42 Å². The van der Waals surface area contributed by atoms with E-state index in [-0.39, 0.29) is 37.7 Å². The minimum Gasteiger partial charge on any atom is -0.489 e. The number of sulfonamides is 1. The van der Waals surface area contributed by atoms with Crippen LogP contribution < -0.4 is 14.2 Å². The predicted octanol–water partition coefficient (Wildman–Crippen LogP) is 1.59. The zero-order valence-corrected chi connectivity index (χ0v) is 16.7. The average molecular weight is 435 g/mol. The Balaban J connectivity index is 1.45. The standard InChI is InChI=1S/C20H21NO8S/c22-14-7-8-21(17(10-14)20(23)24)30(25,26)16-4-2-15(3-5-16)27-11-13-1-6-18-19(9-13)29-12-28-18/h1-6,9,14,17,22H,7-8,10-12H2,(H,23,24). The summed E-state index contributed by atoms with van der Waals surface area (Å²) in [5, 5.41) is 19.1. The molecule has 2 unspecified atom stereocenters. The summed E-state index contributed by atoms with van der Waals surface area (Å²) in [5.74, 6) is 0.520. The molecule has 2 aliphatic rings. The second-order valence-electron chi connectivity index (χ2n) is 7.10. The van der Waals surface area contributed by atoms with Gasteiger partial charge in [-0.1, -0.05) is 6.07 Å². The Hall–Kier alpha value is -2.82. The Morgan fingerprint density at radius 3 is 2.60 bits per heavy atom. The normalized spacial score (nSPS) is 21.4. The quantitative estimate of drug-likeness (QED) is 0.701. The summed E-state index contributed by atoms with van der Waals surface area (Å²) in [4.78, 5) is 11.5. The Morgan fingerprint density at radius 2 is 1.87 bits per heavy atom. The third-order valence-corrected chi connectivity index (χ3v) is 7.01. The first-order valence-electron chi connectivity index (χ1n) is 9.39. The number of aliphatic hydroxyl groups is 1. The van der Waals surface area contributed by atoms with Gasteiger partial charge in [-0.05, 0) is 48.4 Å². The molecule has 1 fully saturated rings. The lowest BCUT2D eigenvalue weighted by molar-refractivity contribution is -0.143. The van der Waals surface area contributed by atoms with Gasteiger partial charge in [0, 0.05) is 13.0 Å². The summed E-state index contributed by atoms with van der Waals surface area (Å²) in [6.07, 6.45) is -0.769. The van der Waals surface area contributed by atoms with E-state index in [2.05, 4.69) is 0 Å². The number of nitrogens with zero attached hydrogens (tertiary/aromatic N) is 1. The summed E-state index contributed by atoms with van der Waals surface area (Å²) in [5.41, 5.74) is 0.868. The number of rotatable bonds is 6. The molecule has 30 heavy (non-hydrogen) atoms. The molecule has 2 aromatic carbocycles. The van der Waals surface area contributed by atoms with Gasteiger partial charge < -0.3 is 24.4 Å². The van der Waals surface area contributed by atoms with Crippen molar-refractivity contribution in [3.63, 3.8) is 0 Å². The molecule has 2 N–H and O–H groups in total. The first kappa shape index (κ1) is 20.5. The van der Waals surface area contributed by atoms with Crippen molar-refractivity contribution in [3.05, 3.63) is 48.0 Å². The summed E-state index contributed by atoms with van der Waals surface area (Å²) in [6, 6.07) is 9.98. The molecular weight excluding hydrogens is 414 g/mol. The van der Waals surface area contributed by atoms with E-state index >= 15 is 0 Å². The Kier molecular flexibility index (Phi) is 5.54. The number of aliphatic carboxylic acids is 1. The van der Waals surface area contributed by atoms with Crippen molar-refractivity contribution in [3.8, 4) is 17.2 Å². The van der Waals surface area contributed by atoms with E-state index in [4.69, 9.17) is 14.2 Å². The van der Waals surface area contributed by atoms with Gasteiger partial charge >= 0.3 is 5.97 Å². The topological polar surface area (TPSA) is 123 Å². The van der Waals surface area contributed by atoms with Crippen molar-refractivity contribution in [2.75, 3.05) is 13.3 Å². The van der Waals surface area contributed by atoms with Crippen molar-refractivity contribution >= 4 is 16.0 Å². The van der Waals surface area contributed by atoms with Crippen LogP contribution in [0.25, 0.3) is 0 Å². The maximum Gasteiger partial charge on any atom is 0.322 e. The lowest BCUT2D eigenvalue weighted by Crippen LogP contribution is -2.51. The van der Waals surface area contributed by atoms with Gasteiger partial charge in [0.25, 0.3) is 0 Å². The lowest BCUT2D eigenvalue weighted by Gasteiger charge is -2.34. The molecule has 2 aromatic rings. The highest BCUT2D eigenvalue weighted by molar-refractivity contribution is 7.89. The monoisotopic (exact) mass is 435 g/mol. The summed E-state index contributed by atoms with van der Waals surface area (Å²) in [7, 11) is -4.01. The Morgan fingerprint density at radius 1 is 1.13 bits per heavy atom. The highest BCUT2D eigenvalue weighted by Crippen LogP contribution is 2.33. The predicted molar refractivity (Wildman–Crippen MR) is 104 cm³/mol. The molecule has 1 saturated heterocycles. The molecular formula is C20H21NO8S. The highest BCUT2D eigenvalue weighted by atomic mass is 32.2. The second kappa shape index (κ2) is 8.13. The number of hydrogen-bond donors (Lipinski definition) is 2. The van der Waals surface area contributed by atoms with E-state index in [1.165, 1.54) is 24.3 Å². The molecule has 10 heteroatoms. The van der Waals surface area contributed by atoms with E-state index in [0.717, 1.165) is 9.87 Å². The van der Waals surface area contributed by atoms with Crippen LogP contribution in [0.15, 0.2) is 47.4 Å². The van der Waals surface area contributed by atoms with E-state index < -0.39 is 28.1 Å². The lowest BCUT2D eigenvalue weighted by atomic mass is 10.0. The second-order valence-corrected chi connectivity index (χ2v) is 8.99. The Bertz CT molecular complexity index is 1040. The van der Waals surface area contributed by atoms with E-state index in [0.29, 0.717) is 17.2 Å². The van der Waals surface area contributed by atoms with Gasteiger partial charge in [-0.3, -0.25) is 4.79 Å². The van der Waals surface area contributed by atoms with Gasteiger partial charge in [0.05, 0.1) is 11.0 Å². The minimum atomic E-state index is -4.01. The zero-order valence-electron chi connectivity index (χ0n) is 15.9. The molecule has 4 rings (SSSR count). The minimum absolute atomic E-state index is 0.0273. The molecule has 2 atom stereocenters. The number of fused-ring (bicyclic) bond motifs is 1. The molecule has 0 bridgehead atoms. The van der Waals surface area contributed by atoms with Crippen LogP contribution in [-0.4, -0.2) is 54.4 Å². The van der Waals surface area contributed by atoms with Crippen LogP contribution in [-0.2, 0) is 21.4 Å². The van der Waals surface area contributed by atoms with Crippen molar-refractivity contribution < 1.29 is 37.6 Å². The van der Waals surface area contributed by atoms with Crippen LogP contribution in [0.2, 0.25) is 0 Å². The molecule has 0 radical (unpaired) electrons. The van der Waals surface area contributed by atoms with E-state index in [9.17, 15) is 23.4 Å². The number of carboxylic acids is 1. The van der Waals surface area contributed by atoms with Crippen LogP contribution in [0.5, 0.6) is 17.2 Å². The molecule has 9 nitrogen and oxygen atoms in total. The number of benzene rings is 2. The number of aliphatic hydroxyl groups excluding tert-OH is 1. The third kappa shape index (κ3) is 4.07. The molecule has 0 spiro atoms. The smallest absolute Gasteiger partial charge is 0.322 e. The van der Waals surface area contributed by atoms with Gasteiger partial charge in [0.15, 0.2) is 11.5 Å². The first-order valence-corrected chi connectivity index (χ1v) is 10.8. The number of ether oxygens (including phenoxy) is 3. The first-order chi connectivity index (χ1) is 14.3. The van der Waals surface area contributed by atoms with Crippen LogP contribution >= 0.6 is 0 Å². The largest absolute Gasteiger partial charge is 0.489 e. The highest BCUT2D eigenvalue weighted by Gasteiger charge is 2.40. The summed E-state index contributed by atoms with van der Waals surface area (Å²) >= 11 is 0. The molecule has 2 aliphatic heterocycles. The number of carbonyl (C=O) groups is 1. The van der Waals surface area contributed by atoms with E-state index in [1.807, 2.05) is 12.1 Å². The Labute approximate surface area is 173 Å². The van der Waals surface area contributed by atoms with Crippen molar-refractivity contribution in [1.29, 1.82) is 0 Å². The molecule has 2 heterocycles. The summed E-state index contributed by atoms with van der Waals surface area (Å²) < 4.78 is 43.1. The molecule has 0 aliphatic carbocycles. The maximum atomic E-state index is 12.9. The molecule has 0 amide bonds. The van der Waals surface area contributed by atoms with Crippen LogP contribution in [0.3, 0.4) is 0 Å². The molecule has 0 saturated carbocycles. The zero-order chi connectivity index (χ0) is 21.3. The fraction of sp³-hybridized carbons (Fsp3) is 0.350. The fourth-order valence-electron chi connectivity index (χ4n) is 3.48. The third-order valence-electron chi connectivity index (χ3n) is 5.08. The van der Waals surface area contributed by atoms with Crippen LogP contribution in [0.4, 0.5) is 0 Å². The van der Waals surface area contributed by atoms with Gasteiger partial charge in [-0.2, -0.15) is 4.31 Å². The molecule has 160 valence electrons. The maximum absolute atomic E-state index is 12.9. The number of carboxylic acid groups (broad SMARTS) is 1. The SMILES string of the molecule is O=C(O)C1CC(O)CCN1S(=O)(=O)c1ccc(OCc2ccc3c(c2)OCO3)cc1.